The number of halogens is 1. The van der Waals surface area contributed by atoms with E-state index in [2.05, 4.69) is 5.32 Å². The molecule has 2 saturated heterocycles. The van der Waals surface area contributed by atoms with Crippen LogP contribution in [0.4, 0.5) is 4.39 Å². The molecule has 1 N–H and O–H groups in total. The van der Waals surface area contributed by atoms with Gasteiger partial charge in [-0.1, -0.05) is 12.1 Å². The van der Waals surface area contributed by atoms with Crippen molar-refractivity contribution < 1.29 is 18.7 Å². The van der Waals surface area contributed by atoms with Gasteiger partial charge in [0.05, 0.1) is 5.92 Å². The number of hydrogen-bond acceptors (Lipinski definition) is 3. The lowest BCUT2D eigenvalue weighted by atomic mass is 9.63. The first-order valence-electron chi connectivity index (χ1n) is 7.28. The standard InChI is InChI=1S/C16H18FNO3/c17-12-4-1-3-11(9-12)14-15(20)18-13(19)10-16(14)5-2-7-21-8-6-16/h1,3-4,9,14H,2,5-8,10H2,(H,18,19,20). The summed E-state index contributed by atoms with van der Waals surface area (Å²) in [7, 11) is 0. The van der Waals surface area contributed by atoms with Crippen molar-refractivity contribution in [2.45, 2.75) is 31.6 Å². The molecule has 3 rings (SSSR count). The van der Waals surface area contributed by atoms with Crippen molar-refractivity contribution in [1.82, 2.24) is 5.32 Å². The van der Waals surface area contributed by atoms with Gasteiger partial charge in [-0.05, 0) is 42.4 Å². The van der Waals surface area contributed by atoms with E-state index in [-0.39, 0.29) is 17.6 Å². The number of rotatable bonds is 1. The van der Waals surface area contributed by atoms with Gasteiger partial charge in [-0.2, -0.15) is 0 Å². The van der Waals surface area contributed by atoms with Gasteiger partial charge in [0.1, 0.15) is 5.82 Å². The summed E-state index contributed by atoms with van der Waals surface area (Å²) >= 11 is 0. The highest BCUT2D eigenvalue weighted by Gasteiger charge is 2.49. The van der Waals surface area contributed by atoms with Crippen molar-refractivity contribution in [1.29, 1.82) is 0 Å². The molecule has 21 heavy (non-hydrogen) atoms. The normalized spacial score (nSPS) is 30.0. The number of hydrogen-bond donors (Lipinski definition) is 1. The van der Waals surface area contributed by atoms with Crippen LogP contribution in [-0.4, -0.2) is 25.0 Å². The first kappa shape index (κ1) is 14.2. The molecule has 2 amide bonds. The molecule has 0 radical (unpaired) electrons. The molecule has 1 aromatic rings. The maximum atomic E-state index is 13.5. The third-order valence-corrected chi connectivity index (χ3v) is 4.54. The maximum absolute atomic E-state index is 13.5. The Hall–Kier alpha value is -1.75. The summed E-state index contributed by atoms with van der Waals surface area (Å²) in [6.07, 6.45) is 2.50. The maximum Gasteiger partial charge on any atom is 0.234 e. The zero-order valence-corrected chi connectivity index (χ0v) is 11.7. The van der Waals surface area contributed by atoms with Gasteiger partial charge in [0.15, 0.2) is 0 Å². The van der Waals surface area contributed by atoms with Gasteiger partial charge >= 0.3 is 0 Å². The van der Waals surface area contributed by atoms with Gasteiger partial charge in [-0.25, -0.2) is 4.39 Å². The summed E-state index contributed by atoms with van der Waals surface area (Å²) < 4.78 is 19.0. The predicted octanol–water partition coefficient (Wildman–Crippen LogP) is 2.14. The molecule has 2 aliphatic rings. The molecule has 2 fully saturated rings. The van der Waals surface area contributed by atoms with Crippen LogP contribution in [0.1, 0.15) is 37.2 Å². The summed E-state index contributed by atoms with van der Waals surface area (Å²) in [5.41, 5.74) is 0.186. The van der Waals surface area contributed by atoms with Gasteiger partial charge in [0, 0.05) is 19.6 Å². The molecule has 112 valence electrons. The first-order chi connectivity index (χ1) is 10.1. The van der Waals surface area contributed by atoms with E-state index in [1.165, 1.54) is 12.1 Å². The summed E-state index contributed by atoms with van der Waals surface area (Å²) in [5, 5.41) is 2.40. The predicted molar refractivity (Wildman–Crippen MR) is 74.0 cm³/mol. The van der Waals surface area contributed by atoms with Crippen LogP contribution >= 0.6 is 0 Å². The van der Waals surface area contributed by atoms with Crippen LogP contribution in [0.25, 0.3) is 0 Å². The molecule has 0 bridgehead atoms. The molecule has 0 aromatic heterocycles. The molecule has 5 heteroatoms. The van der Waals surface area contributed by atoms with E-state index in [0.717, 1.165) is 12.8 Å². The largest absolute Gasteiger partial charge is 0.381 e. The van der Waals surface area contributed by atoms with Crippen molar-refractivity contribution in [2.75, 3.05) is 13.2 Å². The second kappa shape index (κ2) is 5.56. The van der Waals surface area contributed by atoms with E-state index in [1.807, 2.05) is 0 Å². The van der Waals surface area contributed by atoms with Crippen molar-refractivity contribution in [3.05, 3.63) is 35.6 Å². The van der Waals surface area contributed by atoms with E-state index in [0.29, 0.717) is 31.6 Å². The lowest BCUT2D eigenvalue weighted by molar-refractivity contribution is -0.140. The fourth-order valence-electron chi connectivity index (χ4n) is 3.64. The second-order valence-corrected chi connectivity index (χ2v) is 5.91. The molecular formula is C16H18FNO3. The van der Waals surface area contributed by atoms with Crippen LogP contribution in [-0.2, 0) is 14.3 Å². The minimum absolute atomic E-state index is 0.241. The third kappa shape index (κ3) is 2.70. The number of ether oxygens (including phenoxy) is 1. The van der Waals surface area contributed by atoms with Gasteiger partial charge in [-0.3, -0.25) is 14.9 Å². The first-order valence-corrected chi connectivity index (χ1v) is 7.28. The Kier molecular flexibility index (Phi) is 3.76. The Morgan fingerprint density at radius 3 is 2.90 bits per heavy atom. The van der Waals surface area contributed by atoms with Crippen LogP contribution in [0.5, 0.6) is 0 Å². The molecule has 1 aromatic carbocycles. The quantitative estimate of drug-likeness (QED) is 0.807. The van der Waals surface area contributed by atoms with Gasteiger partial charge in [-0.15, -0.1) is 0 Å². The van der Waals surface area contributed by atoms with E-state index in [4.69, 9.17) is 4.74 Å². The van der Waals surface area contributed by atoms with Crippen molar-refractivity contribution in [2.24, 2.45) is 5.41 Å². The highest BCUT2D eigenvalue weighted by atomic mass is 19.1. The van der Waals surface area contributed by atoms with E-state index >= 15 is 0 Å². The van der Waals surface area contributed by atoms with E-state index in [1.54, 1.807) is 12.1 Å². The Bertz CT molecular complexity index is 564. The number of nitrogens with one attached hydrogen (secondary N) is 1. The molecule has 2 unspecified atom stereocenters. The van der Waals surface area contributed by atoms with Crippen LogP contribution in [0.2, 0.25) is 0 Å². The monoisotopic (exact) mass is 291 g/mol. The van der Waals surface area contributed by atoms with Gasteiger partial charge < -0.3 is 4.74 Å². The summed E-state index contributed by atoms with van der Waals surface area (Å²) in [5.74, 6) is -1.42. The summed E-state index contributed by atoms with van der Waals surface area (Å²) in [6, 6.07) is 6.12. The Morgan fingerprint density at radius 1 is 1.24 bits per heavy atom. The van der Waals surface area contributed by atoms with Crippen LogP contribution in [0, 0.1) is 11.2 Å². The van der Waals surface area contributed by atoms with Gasteiger partial charge in [0.2, 0.25) is 11.8 Å². The average Bonchev–Trinajstić information content (AvgIpc) is 2.64. The van der Waals surface area contributed by atoms with Crippen LogP contribution in [0.3, 0.4) is 0 Å². The molecule has 4 nitrogen and oxygen atoms in total. The number of piperidine rings is 1. The fourth-order valence-corrected chi connectivity index (χ4v) is 3.64. The molecule has 0 saturated carbocycles. The number of amides is 2. The molecule has 0 aliphatic carbocycles. The SMILES string of the molecule is O=C1CC2(CCCOCC2)C(c2cccc(F)c2)C(=O)N1. The minimum Gasteiger partial charge on any atom is -0.381 e. The number of benzene rings is 1. The topological polar surface area (TPSA) is 55.4 Å². The Labute approximate surface area is 122 Å². The average molecular weight is 291 g/mol. The van der Waals surface area contributed by atoms with Crippen molar-refractivity contribution in [3.8, 4) is 0 Å². The molecular weight excluding hydrogens is 273 g/mol. The summed E-state index contributed by atoms with van der Waals surface area (Å²) in [6.45, 7) is 1.18. The lowest BCUT2D eigenvalue weighted by Gasteiger charge is -2.42. The third-order valence-electron chi connectivity index (χ3n) is 4.54. The number of carbonyl (C=O) groups is 2. The zero-order valence-electron chi connectivity index (χ0n) is 11.7. The van der Waals surface area contributed by atoms with Gasteiger partial charge in [0.25, 0.3) is 0 Å². The molecule has 2 aliphatic heterocycles. The molecule has 1 spiro atoms. The lowest BCUT2D eigenvalue weighted by Crippen LogP contribution is -2.51. The van der Waals surface area contributed by atoms with Crippen molar-refractivity contribution >= 4 is 11.8 Å². The smallest absolute Gasteiger partial charge is 0.234 e. The fraction of sp³-hybridized carbons (Fsp3) is 0.500. The Morgan fingerprint density at radius 2 is 2.10 bits per heavy atom. The zero-order chi connectivity index (χ0) is 14.9. The van der Waals surface area contributed by atoms with E-state index < -0.39 is 11.3 Å². The highest BCUT2D eigenvalue weighted by Crippen LogP contribution is 2.49. The molecule has 2 heterocycles. The van der Waals surface area contributed by atoms with Crippen LogP contribution < -0.4 is 5.32 Å². The number of carbonyl (C=O) groups excluding carboxylic acids is 2. The minimum atomic E-state index is -0.493. The molecule has 2 atom stereocenters. The Balaban J connectivity index is 2.03. The highest BCUT2D eigenvalue weighted by molar-refractivity contribution is 6.02. The van der Waals surface area contributed by atoms with Crippen LogP contribution in [0.15, 0.2) is 24.3 Å². The second-order valence-electron chi connectivity index (χ2n) is 5.91. The number of imide groups is 1. The van der Waals surface area contributed by atoms with Crippen molar-refractivity contribution in [3.63, 3.8) is 0 Å². The van der Waals surface area contributed by atoms with E-state index in [9.17, 15) is 14.0 Å². The summed E-state index contributed by atoms with van der Waals surface area (Å²) in [4.78, 5) is 24.3.